The van der Waals surface area contributed by atoms with Crippen molar-refractivity contribution in [1.82, 2.24) is 14.9 Å². The minimum atomic E-state index is 0.207. The number of rotatable bonds is 5. The molecule has 0 aliphatic carbocycles. The zero-order chi connectivity index (χ0) is 9.73. The smallest absolute Gasteiger partial charge is 0.0893 e. The number of nitrogens with zero attached hydrogens (tertiary/aromatic N) is 2. The van der Waals surface area contributed by atoms with Crippen molar-refractivity contribution < 1.29 is 0 Å². The van der Waals surface area contributed by atoms with E-state index in [1.807, 2.05) is 5.38 Å². The van der Waals surface area contributed by atoms with Crippen LogP contribution in [0.25, 0.3) is 0 Å². The fourth-order valence-corrected chi connectivity index (χ4v) is 1.76. The SMILES string of the molecule is CCCC(C)(C)NCc1csnn1. The normalized spacial score (nSPS) is 11.9. The summed E-state index contributed by atoms with van der Waals surface area (Å²) in [5.74, 6) is 0. The van der Waals surface area contributed by atoms with E-state index in [1.165, 1.54) is 24.4 Å². The van der Waals surface area contributed by atoms with E-state index in [2.05, 4.69) is 35.7 Å². The lowest BCUT2D eigenvalue weighted by molar-refractivity contribution is 0.355. The molecule has 0 fully saturated rings. The molecular weight excluding hydrogens is 182 g/mol. The molecule has 1 rings (SSSR count). The van der Waals surface area contributed by atoms with Gasteiger partial charge in [-0.3, -0.25) is 0 Å². The molecule has 0 unspecified atom stereocenters. The van der Waals surface area contributed by atoms with Gasteiger partial charge in [-0.2, -0.15) is 0 Å². The van der Waals surface area contributed by atoms with E-state index in [0.29, 0.717) is 0 Å². The van der Waals surface area contributed by atoms with Crippen LogP contribution in [-0.4, -0.2) is 15.1 Å². The molecule has 0 radical (unpaired) electrons. The van der Waals surface area contributed by atoms with E-state index in [9.17, 15) is 0 Å². The first-order chi connectivity index (χ1) is 6.14. The van der Waals surface area contributed by atoms with Crippen LogP contribution in [0, 0.1) is 0 Å². The highest BCUT2D eigenvalue weighted by Gasteiger charge is 2.15. The Kier molecular flexibility index (Phi) is 3.81. The van der Waals surface area contributed by atoms with E-state index >= 15 is 0 Å². The molecule has 0 saturated heterocycles. The lowest BCUT2D eigenvalue weighted by atomic mass is 9.99. The first kappa shape index (κ1) is 10.6. The molecule has 1 aromatic heterocycles. The summed E-state index contributed by atoms with van der Waals surface area (Å²) in [7, 11) is 0. The summed E-state index contributed by atoms with van der Waals surface area (Å²) >= 11 is 1.40. The Labute approximate surface area is 83.7 Å². The van der Waals surface area contributed by atoms with Gasteiger partial charge in [0.15, 0.2) is 0 Å². The van der Waals surface area contributed by atoms with Crippen LogP contribution in [0.3, 0.4) is 0 Å². The lowest BCUT2D eigenvalue weighted by Gasteiger charge is -2.25. The maximum atomic E-state index is 3.99. The van der Waals surface area contributed by atoms with Gasteiger partial charge >= 0.3 is 0 Å². The van der Waals surface area contributed by atoms with Crippen LogP contribution < -0.4 is 5.32 Å². The molecule has 3 nitrogen and oxygen atoms in total. The van der Waals surface area contributed by atoms with Crippen LogP contribution >= 0.6 is 11.5 Å². The molecule has 1 heterocycles. The molecule has 74 valence electrons. The number of nitrogens with one attached hydrogen (secondary N) is 1. The van der Waals surface area contributed by atoms with Crippen LogP contribution in [0.2, 0.25) is 0 Å². The van der Waals surface area contributed by atoms with Gasteiger partial charge in [0.2, 0.25) is 0 Å². The summed E-state index contributed by atoms with van der Waals surface area (Å²) < 4.78 is 3.82. The van der Waals surface area contributed by atoms with Crippen molar-refractivity contribution in [3.63, 3.8) is 0 Å². The van der Waals surface area contributed by atoms with E-state index < -0.39 is 0 Å². The molecule has 0 aromatic carbocycles. The van der Waals surface area contributed by atoms with Gasteiger partial charge in [-0.15, -0.1) is 5.10 Å². The van der Waals surface area contributed by atoms with E-state index in [0.717, 1.165) is 12.2 Å². The summed E-state index contributed by atoms with van der Waals surface area (Å²) in [4.78, 5) is 0. The van der Waals surface area contributed by atoms with E-state index in [1.54, 1.807) is 0 Å². The topological polar surface area (TPSA) is 37.8 Å². The van der Waals surface area contributed by atoms with Gasteiger partial charge in [0.25, 0.3) is 0 Å². The van der Waals surface area contributed by atoms with Gasteiger partial charge in [-0.05, 0) is 31.8 Å². The second kappa shape index (κ2) is 4.67. The van der Waals surface area contributed by atoms with E-state index in [4.69, 9.17) is 0 Å². The van der Waals surface area contributed by atoms with Crippen molar-refractivity contribution in [3.8, 4) is 0 Å². The van der Waals surface area contributed by atoms with Crippen molar-refractivity contribution in [2.45, 2.75) is 45.7 Å². The molecule has 0 saturated carbocycles. The molecule has 0 bridgehead atoms. The predicted octanol–water partition coefficient (Wildman–Crippen LogP) is 2.21. The highest BCUT2D eigenvalue weighted by molar-refractivity contribution is 7.03. The van der Waals surface area contributed by atoms with Crippen molar-refractivity contribution >= 4 is 11.5 Å². The zero-order valence-electron chi connectivity index (χ0n) is 8.50. The van der Waals surface area contributed by atoms with Crippen LogP contribution in [0.1, 0.15) is 39.3 Å². The second-order valence-electron chi connectivity index (χ2n) is 3.88. The molecule has 4 heteroatoms. The van der Waals surface area contributed by atoms with Crippen molar-refractivity contribution in [3.05, 3.63) is 11.1 Å². The minimum Gasteiger partial charge on any atom is -0.306 e. The maximum Gasteiger partial charge on any atom is 0.0893 e. The molecule has 0 aliphatic heterocycles. The third-order valence-electron chi connectivity index (χ3n) is 2.03. The zero-order valence-corrected chi connectivity index (χ0v) is 9.32. The highest BCUT2D eigenvalue weighted by Crippen LogP contribution is 2.11. The number of hydrogen-bond acceptors (Lipinski definition) is 4. The van der Waals surface area contributed by atoms with Gasteiger partial charge < -0.3 is 5.32 Å². The van der Waals surface area contributed by atoms with Gasteiger partial charge in [0.05, 0.1) is 5.69 Å². The average Bonchev–Trinajstić information content (AvgIpc) is 2.52. The summed E-state index contributed by atoms with van der Waals surface area (Å²) in [6.45, 7) is 7.46. The molecule has 1 aromatic rings. The highest BCUT2D eigenvalue weighted by atomic mass is 32.1. The average molecular weight is 199 g/mol. The number of hydrogen-bond donors (Lipinski definition) is 1. The quantitative estimate of drug-likeness (QED) is 0.790. The first-order valence-corrected chi connectivity index (χ1v) is 5.48. The first-order valence-electron chi connectivity index (χ1n) is 4.65. The second-order valence-corrected chi connectivity index (χ2v) is 4.49. The molecule has 0 amide bonds. The van der Waals surface area contributed by atoms with Gasteiger partial charge in [-0.25, -0.2) is 0 Å². The van der Waals surface area contributed by atoms with Crippen molar-refractivity contribution in [2.75, 3.05) is 0 Å². The van der Waals surface area contributed by atoms with Crippen LogP contribution in [0.4, 0.5) is 0 Å². The Morgan fingerprint density at radius 1 is 1.54 bits per heavy atom. The standard InChI is InChI=1S/C9H17N3S/c1-4-5-9(2,3)10-6-8-7-13-12-11-8/h7,10H,4-6H2,1-3H3. The minimum absolute atomic E-state index is 0.207. The van der Waals surface area contributed by atoms with Gasteiger partial charge in [0, 0.05) is 17.5 Å². The van der Waals surface area contributed by atoms with Crippen LogP contribution in [0.5, 0.6) is 0 Å². The fraction of sp³-hybridized carbons (Fsp3) is 0.778. The fourth-order valence-electron chi connectivity index (χ4n) is 1.30. The van der Waals surface area contributed by atoms with Gasteiger partial charge in [-0.1, -0.05) is 17.8 Å². The Morgan fingerprint density at radius 3 is 2.85 bits per heavy atom. The third-order valence-corrected chi connectivity index (χ3v) is 2.58. The Balaban J connectivity index is 2.33. The van der Waals surface area contributed by atoms with Gasteiger partial charge in [0.1, 0.15) is 0 Å². The van der Waals surface area contributed by atoms with Crippen LogP contribution in [-0.2, 0) is 6.54 Å². The summed E-state index contributed by atoms with van der Waals surface area (Å²) in [6, 6.07) is 0. The molecular formula is C9H17N3S. The summed E-state index contributed by atoms with van der Waals surface area (Å²) in [6.07, 6.45) is 2.39. The molecule has 0 spiro atoms. The summed E-state index contributed by atoms with van der Waals surface area (Å²) in [5, 5.41) is 9.43. The Hall–Kier alpha value is -0.480. The maximum absolute atomic E-state index is 3.99. The van der Waals surface area contributed by atoms with Crippen molar-refractivity contribution in [2.24, 2.45) is 0 Å². The molecule has 13 heavy (non-hydrogen) atoms. The monoisotopic (exact) mass is 199 g/mol. The Bertz CT molecular complexity index is 231. The Morgan fingerprint density at radius 2 is 2.31 bits per heavy atom. The number of aromatic nitrogens is 2. The molecule has 0 aliphatic rings. The molecule has 0 atom stereocenters. The largest absolute Gasteiger partial charge is 0.306 e. The molecule has 1 N–H and O–H groups in total. The lowest BCUT2D eigenvalue weighted by Crippen LogP contribution is -2.38. The third kappa shape index (κ3) is 3.83. The van der Waals surface area contributed by atoms with Crippen LogP contribution in [0.15, 0.2) is 5.38 Å². The summed E-state index contributed by atoms with van der Waals surface area (Å²) in [5.41, 5.74) is 1.24. The predicted molar refractivity (Wildman–Crippen MR) is 55.7 cm³/mol. The van der Waals surface area contributed by atoms with E-state index in [-0.39, 0.29) is 5.54 Å². The van der Waals surface area contributed by atoms with Crippen molar-refractivity contribution in [1.29, 1.82) is 0 Å².